The minimum absolute atomic E-state index is 0.0308. The quantitative estimate of drug-likeness (QED) is 0.520. The van der Waals surface area contributed by atoms with E-state index in [1.54, 1.807) is 11.4 Å². The van der Waals surface area contributed by atoms with E-state index in [1.165, 1.54) is 0 Å². The van der Waals surface area contributed by atoms with Gasteiger partial charge in [-0.05, 0) is 70.3 Å². The van der Waals surface area contributed by atoms with Crippen LogP contribution in [0.1, 0.15) is 118 Å². The smallest absolute Gasteiger partial charge is 0.391 e. The zero-order valence-electron chi connectivity index (χ0n) is 20.7. The third kappa shape index (κ3) is 4.52. The van der Waals surface area contributed by atoms with Crippen LogP contribution in [0.2, 0.25) is 0 Å². The third-order valence-electron chi connectivity index (χ3n) is 8.20. The molecule has 9 heteroatoms. The average Bonchev–Trinajstić information content (AvgIpc) is 3.15. The van der Waals surface area contributed by atoms with Crippen LogP contribution >= 0.6 is 0 Å². The number of aliphatic carboxylic acids is 1. The largest absolute Gasteiger partial charge is 0.481 e. The van der Waals surface area contributed by atoms with Crippen molar-refractivity contribution in [2.45, 2.75) is 103 Å². The predicted octanol–water partition coefficient (Wildman–Crippen LogP) is 6.62. The van der Waals surface area contributed by atoms with Gasteiger partial charge in [-0.15, -0.1) is 0 Å². The topological polar surface area (TPSA) is 91.3 Å². The minimum atomic E-state index is -4.20. The van der Waals surface area contributed by atoms with Crippen molar-refractivity contribution in [1.82, 2.24) is 14.6 Å². The molecule has 2 atom stereocenters. The highest BCUT2D eigenvalue weighted by Gasteiger charge is 2.43. The van der Waals surface area contributed by atoms with Crippen molar-refractivity contribution in [2.24, 2.45) is 11.3 Å². The van der Waals surface area contributed by atoms with Crippen LogP contribution in [0.5, 0.6) is 0 Å². The lowest BCUT2D eigenvalue weighted by Gasteiger charge is -2.36. The molecule has 2 saturated carbocycles. The van der Waals surface area contributed by atoms with Crippen molar-refractivity contribution < 1.29 is 23.1 Å². The molecule has 0 saturated heterocycles. The van der Waals surface area contributed by atoms with Gasteiger partial charge in [-0.1, -0.05) is 20.3 Å². The molecule has 0 amide bonds. The van der Waals surface area contributed by atoms with E-state index in [1.807, 2.05) is 6.92 Å². The number of carboxylic acid groups (broad SMARTS) is 1. The van der Waals surface area contributed by atoms with Crippen molar-refractivity contribution in [3.8, 4) is 6.07 Å². The molecule has 0 aromatic carbocycles. The molecule has 35 heavy (non-hydrogen) atoms. The van der Waals surface area contributed by atoms with E-state index < -0.39 is 23.5 Å². The Bertz CT molecular complexity index is 1170. The monoisotopic (exact) mass is 490 g/mol. The Morgan fingerprint density at radius 2 is 1.86 bits per heavy atom. The standard InChI is InChI=1S/C26H33F3N4O2/c1-14(2)20-15(3)31-23-19(13-30)21(16-7-9-18(10-8-16)26(27,28)29)32-33(23)22(20)17-6-5-11-25(4,12-17)24(34)35/h14,16-18H,5-12H2,1-4H3,(H,34,35)/t16-,17?,18-,25-/m0/s1. The Balaban J connectivity index is 1.84. The molecule has 4 rings (SSSR count). The molecule has 2 heterocycles. The number of hydrogen-bond donors (Lipinski definition) is 1. The van der Waals surface area contributed by atoms with E-state index in [4.69, 9.17) is 10.1 Å². The van der Waals surface area contributed by atoms with Crippen molar-refractivity contribution in [3.05, 3.63) is 28.2 Å². The molecule has 2 aliphatic rings. The zero-order chi connectivity index (χ0) is 25.7. The van der Waals surface area contributed by atoms with E-state index in [0.717, 1.165) is 29.8 Å². The molecule has 0 aliphatic heterocycles. The predicted molar refractivity (Wildman–Crippen MR) is 124 cm³/mol. The molecule has 2 fully saturated rings. The molecule has 2 aromatic heterocycles. The zero-order valence-corrected chi connectivity index (χ0v) is 20.7. The second-order valence-electron chi connectivity index (χ2n) is 11.0. The van der Waals surface area contributed by atoms with E-state index in [9.17, 15) is 28.3 Å². The number of halogens is 3. The van der Waals surface area contributed by atoms with E-state index in [-0.39, 0.29) is 30.6 Å². The van der Waals surface area contributed by atoms with E-state index >= 15 is 0 Å². The SMILES string of the molecule is Cc1nc2c(C#N)c([C@H]3CC[C@H](C(F)(F)F)CC3)nn2c(C2CCC[C@](C)(C(=O)O)C2)c1C(C)C. The van der Waals surface area contributed by atoms with Crippen LogP contribution < -0.4 is 0 Å². The maximum absolute atomic E-state index is 13.2. The summed E-state index contributed by atoms with van der Waals surface area (Å²) >= 11 is 0. The second kappa shape index (κ2) is 9.11. The number of aryl methyl sites for hydroxylation is 1. The normalized spacial score (nSPS) is 27.8. The van der Waals surface area contributed by atoms with Crippen LogP contribution in [-0.4, -0.2) is 31.9 Å². The second-order valence-corrected chi connectivity index (χ2v) is 11.0. The number of nitrogens with zero attached hydrogens (tertiary/aromatic N) is 4. The lowest BCUT2D eigenvalue weighted by molar-refractivity contribution is -0.182. The summed E-state index contributed by atoms with van der Waals surface area (Å²) in [5.41, 5.74) is 3.15. The van der Waals surface area contributed by atoms with Gasteiger partial charge in [0, 0.05) is 17.5 Å². The molecule has 0 bridgehead atoms. The highest BCUT2D eigenvalue weighted by atomic mass is 19.4. The van der Waals surface area contributed by atoms with Crippen LogP contribution in [-0.2, 0) is 4.79 Å². The van der Waals surface area contributed by atoms with Gasteiger partial charge in [-0.3, -0.25) is 4.79 Å². The van der Waals surface area contributed by atoms with Gasteiger partial charge in [0.15, 0.2) is 5.65 Å². The number of carbonyl (C=O) groups is 1. The molecule has 6 nitrogen and oxygen atoms in total. The van der Waals surface area contributed by atoms with Crippen LogP contribution in [0.15, 0.2) is 0 Å². The minimum Gasteiger partial charge on any atom is -0.481 e. The number of rotatable bonds is 4. The van der Waals surface area contributed by atoms with E-state index in [0.29, 0.717) is 42.6 Å². The van der Waals surface area contributed by atoms with Gasteiger partial charge in [0.2, 0.25) is 0 Å². The maximum Gasteiger partial charge on any atom is 0.391 e. The molecule has 0 radical (unpaired) electrons. The fourth-order valence-electron chi connectivity index (χ4n) is 6.32. The van der Waals surface area contributed by atoms with Crippen LogP contribution in [0, 0.1) is 29.6 Å². The summed E-state index contributed by atoms with van der Waals surface area (Å²) in [7, 11) is 0. The summed E-state index contributed by atoms with van der Waals surface area (Å²) in [5.74, 6) is -2.29. The van der Waals surface area contributed by atoms with Crippen molar-refractivity contribution >= 4 is 11.6 Å². The van der Waals surface area contributed by atoms with Crippen LogP contribution in [0.4, 0.5) is 13.2 Å². The first-order valence-electron chi connectivity index (χ1n) is 12.5. The average molecular weight is 491 g/mol. The fourth-order valence-corrected chi connectivity index (χ4v) is 6.32. The molecule has 2 aliphatic carbocycles. The lowest BCUT2D eigenvalue weighted by Crippen LogP contribution is -2.34. The fraction of sp³-hybridized carbons (Fsp3) is 0.692. The molecule has 1 unspecified atom stereocenters. The van der Waals surface area contributed by atoms with Crippen LogP contribution in [0.25, 0.3) is 5.65 Å². The number of aromatic nitrogens is 3. The Labute approximate surface area is 203 Å². The highest BCUT2D eigenvalue weighted by molar-refractivity contribution is 5.74. The van der Waals surface area contributed by atoms with Gasteiger partial charge in [0.1, 0.15) is 11.6 Å². The number of carboxylic acids is 1. The Hall–Kier alpha value is -2.63. The number of alkyl halides is 3. The Morgan fingerprint density at radius 1 is 1.20 bits per heavy atom. The molecule has 190 valence electrons. The van der Waals surface area contributed by atoms with Crippen molar-refractivity contribution in [1.29, 1.82) is 5.26 Å². The third-order valence-corrected chi connectivity index (χ3v) is 8.20. The van der Waals surface area contributed by atoms with E-state index in [2.05, 4.69) is 19.9 Å². The molecular formula is C26H33F3N4O2. The van der Waals surface area contributed by atoms with Gasteiger partial charge in [-0.2, -0.15) is 23.5 Å². The number of nitriles is 1. The first-order chi connectivity index (χ1) is 16.4. The summed E-state index contributed by atoms with van der Waals surface area (Å²) in [5, 5.41) is 24.8. The Kier molecular flexibility index (Phi) is 6.62. The summed E-state index contributed by atoms with van der Waals surface area (Å²) in [4.78, 5) is 16.8. The van der Waals surface area contributed by atoms with Gasteiger partial charge >= 0.3 is 12.1 Å². The molecule has 2 aromatic rings. The first-order valence-corrected chi connectivity index (χ1v) is 12.5. The maximum atomic E-state index is 13.2. The highest BCUT2D eigenvalue weighted by Crippen LogP contribution is 2.47. The van der Waals surface area contributed by atoms with Gasteiger partial charge in [-0.25, -0.2) is 9.50 Å². The van der Waals surface area contributed by atoms with Gasteiger partial charge in [0.05, 0.1) is 22.7 Å². The lowest BCUT2D eigenvalue weighted by atomic mass is 9.69. The summed E-state index contributed by atoms with van der Waals surface area (Å²) in [6, 6.07) is 2.24. The van der Waals surface area contributed by atoms with Gasteiger partial charge in [0.25, 0.3) is 0 Å². The number of hydrogen-bond acceptors (Lipinski definition) is 4. The number of fused-ring (bicyclic) bond motifs is 1. The Morgan fingerprint density at radius 3 is 2.40 bits per heavy atom. The molecule has 1 N–H and O–H groups in total. The van der Waals surface area contributed by atoms with Gasteiger partial charge < -0.3 is 5.11 Å². The summed E-state index contributed by atoms with van der Waals surface area (Å²) < 4.78 is 41.3. The van der Waals surface area contributed by atoms with Crippen molar-refractivity contribution in [2.75, 3.05) is 0 Å². The molecule has 0 spiro atoms. The van der Waals surface area contributed by atoms with Crippen molar-refractivity contribution in [3.63, 3.8) is 0 Å². The summed E-state index contributed by atoms with van der Waals surface area (Å²) in [6.07, 6.45) is -0.815. The molecular weight excluding hydrogens is 457 g/mol. The van der Waals surface area contributed by atoms with Crippen LogP contribution in [0.3, 0.4) is 0 Å². The summed E-state index contributed by atoms with van der Waals surface area (Å²) in [6.45, 7) is 7.82. The first kappa shape index (κ1) is 25.5.